The molecule has 0 aliphatic rings. The first-order chi connectivity index (χ1) is 7.06. The van der Waals surface area contributed by atoms with Crippen molar-refractivity contribution in [1.29, 1.82) is 0 Å². The summed E-state index contributed by atoms with van der Waals surface area (Å²) in [7, 11) is 0. The first kappa shape index (κ1) is 11.7. The van der Waals surface area contributed by atoms with Crippen LogP contribution < -0.4 is 5.73 Å². The van der Waals surface area contributed by atoms with E-state index < -0.39 is 11.4 Å². The minimum absolute atomic E-state index is 0.00443. The Morgan fingerprint density at radius 2 is 2.00 bits per heavy atom. The van der Waals surface area contributed by atoms with Crippen LogP contribution in [0.25, 0.3) is 0 Å². The number of aliphatic carboxylic acids is 1. The molecule has 82 valence electrons. The summed E-state index contributed by atoms with van der Waals surface area (Å²) in [4.78, 5) is 11.2. The molecule has 1 aromatic carbocycles. The minimum atomic E-state index is -1.10. The lowest BCUT2D eigenvalue weighted by atomic mass is 9.78. The predicted molar refractivity (Wildman–Crippen MR) is 55.1 cm³/mol. The van der Waals surface area contributed by atoms with Gasteiger partial charge in [0, 0.05) is 6.54 Å². The van der Waals surface area contributed by atoms with E-state index in [4.69, 9.17) is 5.73 Å². The van der Waals surface area contributed by atoms with E-state index in [0.29, 0.717) is 12.0 Å². The van der Waals surface area contributed by atoms with Crippen LogP contribution in [0.3, 0.4) is 0 Å². The van der Waals surface area contributed by atoms with Crippen LogP contribution in [0.15, 0.2) is 24.3 Å². The van der Waals surface area contributed by atoms with Crippen molar-refractivity contribution in [2.24, 2.45) is 5.73 Å². The summed E-state index contributed by atoms with van der Waals surface area (Å²) in [6.45, 7) is 1.76. The van der Waals surface area contributed by atoms with Crippen molar-refractivity contribution in [2.75, 3.05) is 6.54 Å². The maximum absolute atomic E-state index is 12.7. The molecular weight excluding hydrogens is 197 g/mol. The van der Waals surface area contributed by atoms with Gasteiger partial charge in [0.15, 0.2) is 0 Å². The molecule has 0 aliphatic carbocycles. The molecule has 15 heavy (non-hydrogen) atoms. The van der Waals surface area contributed by atoms with E-state index in [0.717, 1.165) is 0 Å². The van der Waals surface area contributed by atoms with Crippen LogP contribution in [0.4, 0.5) is 4.39 Å². The number of halogens is 1. The van der Waals surface area contributed by atoms with Crippen LogP contribution in [-0.2, 0) is 10.2 Å². The third kappa shape index (κ3) is 1.99. The molecule has 0 saturated carbocycles. The highest BCUT2D eigenvalue weighted by Crippen LogP contribution is 2.27. The fourth-order valence-electron chi connectivity index (χ4n) is 1.60. The Morgan fingerprint density at radius 1 is 1.47 bits per heavy atom. The summed E-state index contributed by atoms with van der Waals surface area (Å²) in [6, 6.07) is 5.44. The van der Waals surface area contributed by atoms with E-state index in [2.05, 4.69) is 0 Å². The zero-order valence-corrected chi connectivity index (χ0v) is 8.53. The molecule has 1 unspecified atom stereocenters. The first-order valence-electron chi connectivity index (χ1n) is 4.76. The van der Waals surface area contributed by atoms with Gasteiger partial charge in [-0.05, 0) is 24.1 Å². The Bertz CT molecular complexity index is 344. The van der Waals surface area contributed by atoms with Gasteiger partial charge in [0.25, 0.3) is 0 Å². The second-order valence-electron chi connectivity index (χ2n) is 3.45. The Kier molecular flexibility index (Phi) is 3.42. The number of carbonyl (C=O) groups is 1. The topological polar surface area (TPSA) is 63.3 Å². The molecule has 0 saturated heterocycles. The molecule has 0 heterocycles. The SMILES string of the molecule is CCC(CN)(C(=O)O)c1ccc(F)cc1. The summed E-state index contributed by atoms with van der Waals surface area (Å²) in [5.74, 6) is -1.36. The van der Waals surface area contributed by atoms with Gasteiger partial charge in [-0.25, -0.2) is 4.39 Å². The van der Waals surface area contributed by atoms with Crippen LogP contribution in [0.5, 0.6) is 0 Å². The molecule has 4 heteroatoms. The summed E-state index contributed by atoms with van der Waals surface area (Å²) in [6.07, 6.45) is 0.379. The molecule has 0 spiro atoms. The average molecular weight is 211 g/mol. The Labute approximate surface area is 87.7 Å². The zero-order chi connectivity index (χ0) is 11.5. The van der Waals surface area contributed by atoms with Crippen molar-refractivity contribution in [3.63, 3.8) is 0 Å². The highest BCUT2D eigenvalue weighted by molar-refractivity contribution is 5.81. The number of carboxylic acids is 1. The van der Waals surface area contributed by atoms with Gasteiger partial charge in [0.1, 0.15) is 11.2 Å². The summed E-state index contributed by atoms with van der Waals surface area (Å²) >= 11 is 0. The van der Waals surface area contributed by atoms with E-state index in [-0.39, 0.29) is 12.4 Å². The molecule has 1 atom stereocenters. The number of rotatable bonds is 4. The molecule has 3 nitrogen and oxygen atoms in total. The van der Waals surface area contributed by atoms with Crippen molar-refractivity contribution < 1.29 is 14.3 Å². The van der Waals surface area contributed by atoms with Crippen LogP contribution in [0, 0.1) is 5.82 Å². The van der Waals surface area contributed by atoms with Crippen LogP contribution >= 0.6 is 0 Å². The van der Waals surface area contributed by atoms with Crippen LogP contribution in [-0.4, -0.2) is 17.6 Å². The van der Waals surface area contributed by atoms with Crippen LogP contribution in [0.2, 0.25) is 0 Å². The fraction of sp³-hybridized carbons (Fsp3) is 0.364. The lowest BCUT2D eigenvalue weighted by Crippen LogP contribution is -2.42. The molecule has 0 radical (unpaired) electrons. The zero-order valence-electron chi connectivity index (χ0n) is 8.53. The van der Waals surface area contributed by atoms with E-state index in [1.54, 1.807) is 6.92 Å². The van der Waals surface area contributed by atoms with Gasteiger partial charge in [0.2, 0.25) is 0 Å². The van der Waals surface area contributed by atoms with E-state index in [1.807, 2.05) is 0 Å². The fourth-order valence-corrected chi connectivity index (χ4v) is 1.60. The predicted octanol–water partition coefficient (Wildman–Crippen LogP) is 1.52. The largest absolute Gasteiger partial charge is 0.481 e. The van der Waals surface area contributed by atoms with E-state index in [9.17, 15) is 14.3 Å². The highest BCUT2D eigenvalue weighted by atomic mass is 19.1. The quantitative estimate of drug-likeness (QED) is 0.793. The lowest BCUT2D eigenvalue weighted by molar-refractivity contribution is -0.143. The molecular formula is C11H14FNO2. The second kappa shape index (κ2) is 4.40. The summed E-state index contributed by atoms with van der Waals surface area (Å²) in [5, 5.41) is 9.17. The summed E-state index contributed by atoms with van der Waals surface area (Å²) in [5.41, 5.74) is 4.95. The van der Waals surface area contributed by atoms with E-state index >= 15 is 0 Å². The number of carboxylic acid groups (broad SMARTS) is 1. The Balaban J connectivity index is 3.20. The van der Waals surface area contributed by atoms with E-state index in [1.165, 1.54) is 24.3 Å². The Hall–Kier alpha value is -1.42. The van der Waals surface area contributed by atoms with Gasteiger partial charge >= 0.3 is 5.97 Å². The average Bonchev–Trinajstić information content (AvgIpc) is 2.22. The van der Waals surface area contributed by atoms with Gasteiger partial charge in [-0.2, -0.15) is 0 Å². The van der Waals surface area contributed by atoms with Crippen LogP contribution in [0.1, 0.15) is 18.9 Å². The first-order valence-corrected chi connectivity index (χ1v) is 4.76. The lowest BCUT2D eigenvalue weighted by Gasteiger charge is -2.26. The number of benzene rings is 1. The minimum Gasteiger partial charge on any atom is -0.481 e. The molecule has 1 aromatic rings. The summed E-state index contributed by atoms with van der Waals surface area (Å²) < 4.78 is 12.7. The molecule has 0 aliphatic heterocycles. The second-order valence-corrected chi connectivity index (χ2v) is 3.45. The standard InChI is InChI=1S/C11H14FNO2/c1-2-11(7-13,10(14)15)8-3-5-9(12)6-4-8/h3-6H,2,7,13H2,1H3,(H,14,15). The van der Waals surface area contributed by atoms with Crippen molar-refractivity contribution in [1.82, 2.24) is 0 Å². The van der Waals surface area contributed by atoms with Gasteiger partial charge in [-0.15, -0.1) is 0 Å². The molecule has 0 amide bonds. The van der Waals surface area contributed by atoms with Gasteiger partial charge in [0.05, 0.1) is 0 Å². The molecule has 0 bridgehead atoms. The van der Waals surface area contributed by atoms with Crippen molar-refractivity contribution >= 4 is 5.97 Å². The molecule has 0 aromatic heterocycles. The maximum Gasteiger partial charge on any atom is 0.315 e. The van der Waals surface area contributed by atoms with Gasteiger partial charge in [-0.1, -0.05) is 19.1 Å². The van der Waals surface area contributed by atoms with Crippen molar-refractivity contribution in [3.8, 4) is 0 Å². The molecule has 1 rings (SSSR count). The Morgan fingerprint density at radius 3 is 2.33 bits per heavy atom. The van der Waals surface area contributed by atoms with Crippen molar-refractivity contribution in [2.45, 2.75) is 18.8 Å². The highest BCUT2D eigenvalue weighted by Gasteiger charge is 2.37. The monoisotopic (exact) mass is 211 g/mol. The smallest absolute Gasteiger partial charge is 0.315 e. The number of nitrogens with two attached hydrogens (primary N) is 1. The maximum atomic E-state index is 12.7. The number of hydrogen-bond acceptors (Lipinski definition) is 2. The van der Waals surface area contributed by atoms with Crippen molar-refractivity contribution in [3.05, 3.63) is 35.6 Å². The normalized spacial score (nSPS) is 14.6. The molecule has 0 fully saturated rings. The third-order valence-corrected chi connectivity index (χ3v) is 2.76. The van der Waals surface area contributed by atoms with Gasteiger partial charge in [-0.3, -0.25) is 4.79 Å². The van der Waals surface area contributed by atoms with Gasteiger partial charge < -0.3 is 10.8 Å². The molecule has 3 N–H and O–H groups in total. The number of hydrogen-bond donors (Lipinski definition) is 2. The third-order valence-electron chi connectivity index (χ3n) is 2.76.